The summed E-state index contributed by atoms with van der Waals surface area (Å²) >= 11 is 3.92. The van der Waals surface area contributed by atoms with Crippen LogP contribution in [0.5, 0.6) is 0 Å². The van der Waals surface area contributed by atoms with Crippen LogP contribution in [-0.4, -0.2) is 36.6 Å². The zero-order valence-electron chi connectivity index (χ0n) is 7.66. The molecule has 0 aliphatic rings. The predicted octanol–water partition coefficient (Wildman–Crippen LogP) is 0.969. The van der Waals surface area contributed by atoms with Gasteiger partial charge >= 0.3 is 9.53 Å². The largest absolute Gasteiger partial charge is 0.483 e. The van der Waals surface area contributed by atoms with E-state index in [2.05, 4.69) is 19.6 Å². The minimum absolute atomic E-state index is 1.01. The third-order valence-electron chi connectivity index (χ3n) is 0.801. The summed E-state index contributed by atoms with van der Waals surface area (Å²) in [4.78, 5) is 0. The Bertz CT molecular complexity index is 54.3. The van der Waals surface area contributed by atoms with E-state index in [-0.39, 0.29) is 0 Å². The van der Waals surface area contributed by atoms with Crippen LogP contribution >= 0.6 is 12.6 Å². The Balaban J connectivity index is 0. The summed E-state index contributed by atoms with van der Waals surface area (Å²) < 4.78 is 14.2. The van der Waals surface area contributed by atoms with E-state index >= 15 is 0 Å². The molecule has 0 saturated carbocycles. The topological polar surface area (TPSA) is 27.7 Å². The van der Waals surface area contributed by atoms with Crippen LogP contribution in [0.15, 0.2) is 0 Å². The van der Waals surface area contributed by atoms with Crippen molar-refractivity contribution >= 4 is 22.2 Å². The van der Waals surface area contributed by atoms with Crippen molar-refractivity contribution < 1.29 is 13.3 Å². The molecule has 0 saturated heterocycles. The van der Waals surface area contributed by atoms with E-state index in [1.165, 1.54) is 6.42 Å². The summed E-state index contributed by atoms with van der Waals surface area (Å²) in [6.45, 7) is 2.10. The lowest BCUT2D eigenvalue weighted by molar-refractivity contribution is 0.163. The van der Waals surface area contributed by atoms with Gasteiger partial charge in [0.05, 0.1) is 0 Å². The van der Waals surface area contributed by atoms with Gasteiger partial charge in [-0.25, -0.2) is 0 Å². The van der Waals surface area contributed by atoms with Crippen LogP contribution in [0, 0.1) is 0 Å². The molecule has 0 N–H and O–H groups in total. The molecule has 3 nitrogen and oxygen atoms in total. The van der Waals surface area contributed by atoms with E-state index < -0.39 is 9.53 Å². The lowest BCUT2D eigenvalue weighted by Crippen LogP contribution is -2.21. The standard InChI is InChI=1S/C3H10O3Si.C3H8S/c1-4-7(5-2)6-3;1-2-3-4/h7H,1-3H3;4H,2-3H2,1H3. The van der Waals surface area contributed by atoms with Crippen molar-refractivity contribution in [3.05, 3.63) is 0 Å². The molecule has 0 aromatic carbocycles. The van der Waals surface area contributed by atoms with Crippen molar-refractivity contribution in [2.75, 3.05) is 27.1 Å². The minimum Gasteiger partial charge on any atom is -0.379 e. The highest BCUT2D eigenvalue weighted by Crippen LogP contribution is 1.81. The van der Waals surface area contributed by atoms with Gasteiger partial charge in [-0.1, -0.05) is 6.92 Å². The van der Waals surface area contributed by atoms with Gasteiger partial charge in [-0.3, -0.25) is 0 Å². The first-order valence-electron chi connectivity index (χ1n) is 3.46. The third kappa shape index (κ3) is 13.4. The Morgan fingerprint density at radius 3 is 1.36 bits per heavy atom. The number of hydrogen-bond donors (Lipinski definition) is 1. The highest BCUT2D eigenvalue weighted by atomic mass is 32.1. The van der Waals surface area contributed by atoms with Crippen LogP contribution in [0.25, 0.3) is 0 Å². The zero-order chi connectivity index (χ0) is 9.11. The van der Waals surface area contributed by atoms with Crippen molar-refractivity contribution in [1.29, 1.82) is 0 Å². The van der Waals surface area contributed by atoms with Crippen LogP contribution in [0.4, 0.5) is 0 Å². The maximum atomic E-state index is 4.74. The molecule has 0 atom stereocenters. The average Bonchev–Trinajstić information content (AvgIpc) is 2.08. The highest BCUT2D eigenvalue weighted by molar-refractivity contribution is 7.80. The van der Waals surface area contributed by atoms with Gasteiger partial charge in [0, 0.05) is 21.3 Å². The molecule has 0 aliphatic carbocycles. The Kier molecular flexibility index (Phi) is 16.6. The Morgan fingerprint density at radius 2 is 1.36 bits per heavy atom. The fourth-order valence-corrected chi connectivity index (χ4v) is 0.866. The molecule has 0 unspecified atom stereocenters. The Morgan fingerprint density at radius 1 is 1.09 bits per heavy atom. The maximum Gasteiger partial charge on any atom is 0.483 e. The number of thiol groups is 1. The first kappa shape index (κ1) is 14.0. The van der Waals surface area contributed by atoms with Gasteiger partial charge in [0.1, 0.15) is 0 Å². The third-order valence-corrected chi connectivity index (χ3v) is 2.40. The summed E-state index contributed by atoms with van der Waals surface area (Å²) in [6.07, 6.45) is 1.18. The number of hydrogen-bond acceptors (Lipinski definition) is 4. The fourth-order valence-electron chi connectivity index (χ4n) is 0.289. The second-order valence-electron chi connectivity index (χ2n) is 1.72. The summed E-state index contributed by atoms with van der Waals surface area (Å²) in [6, 6.07) is 0. The lowest BCUT2D eigenvalue weighted by Gasteiger charge is -2.05. The van der Waals surface area contributed by atoms with E-state index in [0.29, 0.717) is 0 Å². The second kappa shape index (κ2) is 13.1. The molecule has 0 spiro atoms. The second-order valence-corrected chi connectivity index (χ2v) is 4.16. The molecule has 11 heavy (non-hydrogen) atoms. The van der Waals surface area contributed by atoms with Crippen LogP contribution < -0.4 is 0 Å². The lowest BCUT2D eigenvalue weighted by atomic mass is 10.6. The molecular weight excluding hydrogens is 180 g/mol. The molecule has 5 heteroatoms. The molecule has 0 radical (unpaired) electrons. The maximum absolute atomic E-state index is 4.74. The zero-order valence-corrected chi connectivity index (χ0v) is 9.71. The number of rotatable bonds is 4. The molecule has 0 heterocycles. The van der Waals surface area contributed by atoms with Crippen molar-refractivity contribution in [3.63, 3.8) is 0 Å². The van der Waals surface area contributed by atoms with Gasteiger partial charge < -0.3 is 13.3 Å². The van der Waals surface area contributed by atoms with Crippen LogP contribution in [0.1, 0.15) is 13.3 Å². The molecule has 0 aromatic rings. The molecule has 0 fully saturated rings. The Labute approximate surface area is 76.4 Å². The van der Waals surface area contributed by atoms with Gasteiger partial charge in [-0.2, -0.15) is 12.6 Å². The monoisotopic (exact) mass is 198 g/mol. The van der Waals surface area contributed by atoms with Crippen LogP contribution in [-0.2, 0) is 13.3 Å². The van der Waals surface area contributed by atoms with Crippen LogP contribution in [0.2, 0.25) is 0 Å². The van der Waals surface area contributed by atoms with E-state index in [0.717, 1.165) is 5.75 Å². The molecule has 0 bridgehead atoms. The predicted molar refractivity (Wildman–Crippen MR) is 52.3 cm³/mol. The highest BCUT2D eigenvalue weighted by Gasteiger charge is 2.04. The molecular formula is C6H18O3SSi. The normalized spacial score (nSPS) is 9.27. The smallest absolute Gasteiger partial charge is 0.379 e. The van der Waals surface area contributed by atoms with E-state index in [1.54, 1.807) is 21.3 Å². The summed E-state index contributed by atoms with van der Waals surface area (Å²) in [7, 11) is 3.05. The average molecular weight is 198 g/mol. The SMILES string of the molecule is CCCS.CO[SiH](OC)OC. The minimum atomic E-state index is -1.67. The Hall–Kier alpha value is 0.447. The van der Waals surface area contributed by atoms with Gasteiger partial charge in [0.25, 0.3) is 0 Å². The molecule has 0 aliphatic heterocycles. The molecule has 0 aromatic heterocycles. The van der Waals surface area contributed by atoms with Crippen molar-refractivity contribution in [2.45, 2.75) is 13.3 Å². The molecule has 0 rings (SSSR count). The summed E-state index contributed by atoms with van der Waals surface area (Å²) in [5.41, 5.74) is 0. The first-order valence-corrected chi connectivity index (χ1v) is 5.50. The van der Waals surface area contributed by atoms with Crippen LogP contribution in [0.3, 0.4) is 0 Å². The van der Waals surface area contributed by atoms with Gasteiger partial charge in [0.15, 0.2) is 0 Å². The van der Waals surface area contributed by atoms with Crippen molar-refractivity contribution in [2.24, 2.45) is 0 Å². The van der Waals surface area contributed by atoms with Gasteiger partial charge in [-0.15, -0.1) is 0 Å². The van der Waals surface area contributed by atoms with E-state index in [1.807, 2.05) is 0 Å². The van der Waals surface area contributed by atoms with E-state index in [4.69, 9.17) is 13.3 Å². The quantitative estimate of drug-likeness (QED) is 0.539. The summed E-state index contributed by atoms with van der Waals surface area (Å²) in [5.74, 6) is 1.01. The van der Waals surface area contributed by atoms with E-state index in [9.17, 15) is 0 Å². The fraction of sp³-hybridized carbons (Fsp3) is 1.00. The van der Waals surface area contributed by atoms with Gasteiger partial charge in [0.2, 0.25) is 0 Å². The first-order chi connectivity index (χ1) is 5.26. The van der Waals surface area contributed by atoms with Crippen molar-refractivity contribution in [3.8, 4) is 0 Å². The molecule has 0 amide bonds. The molecule has 70 valence electrons. The van der Waals surface area contributed by atoms with Gasteiger partial charge in [-0.05, 0) is 12.2 Å². The van der Waals surface area contributed by atoms with Crippen molar-refractivity contribution in [1.82, 2.24) is 0 Å². The summed E-state index contributed by atoms with van der Waals surface area (Å²) in [5, 5.41) is 0.